The molecule has 0 aromatic heterocycles. The van der Waals surface area contributed by atoms with Crippen LogP contribution in [0.3, 0.4) is 0 Å². The van der Waals surface area contributed by atoms with Crippen LogP contribution < -0.4 is 0 Å². The van der Waals surface area contributed by atoms with Gasteiger partial charge in [-0.3, -0.25) is 0 Å². The fraction of sp³-hybridized carbons (Fsp3) is 0.571. The molecule has 0 atom stereocenters. The Bertz CT molecular complexity index is 454. The van der Waals surface area contributed by atoms with Gasteiger partial charge in [0.2, 0.25) is 0 Å². The van der Waals surface area contributed by atoms with Crippen LogP contribution in [0.15, 0.2) is 29.2 Å². The summed E-state index contributed by atoms with van der Waals surface area (Å²) in [5.41, 5.74) is 1.10. The smallest absolute Gasteiger partial charge is 0.178 e. The summed E-state index contributed by atoms with van der Waals surface area (Å²) >= 11 is 0. The molecule has 2 rings (SSSR count). The second-order valence-electron chi connectivity index (χ2n) is 5.07. The zero-order valence-corrected chi connectivity index (χ0v) is 11.2. The number of rotatable bonds is 4. The van der Waals surface area contributed by atoms with Crippen molar-refractivity contribution in [1.82, 2.24) is 0 Å². The second-order valence-corrected chi connectivity index (χ2v) is 7.18. The summed E-state index contributed by atoms with van der Waals surface area (Å²) in [6.07, 6.45) is 5.80. The quantitative estimate of drug-likeness (QED) is 0.823. The highest BCUT2D eigenvalue weighted by molar-refractivity contribution is 7.91. The zero-order valence-electron chi connectivity index (χ0n) is 10.4. The summed E-state index contributed by atoms with van der Waals surface area (Å²) in [4.78, 5) is 0.473. The van der Waals surface area contributed by atoms with Crippen LogP contribution >= 0.6 is 0 Å². The highest BCUT2D eigenvalue weighted by atomic mass is 32.2. The van der Waals surface area contributed by atoms with E-state index in [0.29, 0.717) is 16.6 Å². The molecule has 1 aliphatic carbocycles. The van der Waals surface area contributed by atoms with Crippen molar-refractivity contribution in [1.29, 1.82) is 0 Å². The molecule has 0 bridgehead atoms. The van der Waals surface area contributed by atoms with E-state index in [9.17, 15) is 8.42 Å². The number of sulfone groups is 1. The number of benzene rings is 1. The molecule has 1 aromatic carbocycles. The molecule has 17 heavy (non-hydrogen) atoms. The Morgan fingerprint density at radius 2 is 1.71 bits per heavy atom. The van der Waals surface area contributed by atoms with Crippen LogP contribution in [0.1, 0.15) is 37.7 Å². The maximum atomic E-state index is 12.1. The fourth-order valence-electron chi connectivity index (χ4n) is 2.48. The second kappa shape index (κ2) is 5.21. The molecule has 3 heteroatoms. The minimum Gasteiger partial charge on any atom is -0.224 e. The van der Waals surface area contributed by atoms with Crippen molar-refractivity contribution >= 4 is 9.84 Å². The Balaban J connectivity index is 2.00. The summed E-state index contributed by atoms with van der Waals surface area (Å²) in [6.45, 7) is 1.97. The maximum absolute atomic E-state index is 12.1. The van der Waals surface area contributed by atoms with Gasteiger partial charge in [0.15, 0.2) is 9.84 Å². The molecule has 0 aliphatic heterocycles. The fourth-order valence-corrected chi connectivity index (χ4v) is 3.91. The third-order valence-corrected chi connectivity index (χ3v) is 5.41. The van der Waals surface area contributed by atoms with Crippen LogP contribution in [0.5, 0.6) is 0 Å². The van der Waals surface area contributed by atoms with Crippen LogP contribution in [-0.2, 0) is 9.84 Å². The first-order valence-electron chi connectivity index (χ1n) is 6.37. The Morgan fingerprint density at radius 1 is 1.12 bits per heavy atom. The molecule has 0 unspecified atom stereocenters. The van der Waals surface area contributed by atoms with Gasteiger partial charge in [0.05, 0.1) is 10.6 Å². The summed E-state index contributed by atoms with van der Waals surface area (Å²) in [5, 5.41) is 0. The molecule has 1 aliphatic rings. The van der Waals surface area contributed by atoms with E-state index < -0.39 is 9.84 Å². The van der Waals surface area contributed by atoms with Crippen LogP contribution in [0, 0.1) is 12.8 Å². The SMILES string of the molecule is Cc1ccc(S(=O)(=O)CCC2CCCC2)cc1. The van der Waals surface area contributed by atoms with Crippen molar-refractivity contribution in [2.75, 3.05) is 5.75 Å². The van der Waals surface area contributed by atoms with Gasteiger partial charge in [-0.1, -0.05) is 43.4 Å². The van der Waals surface area contributed by atoms with Gasteiger partial charge in [-0.2, -0.15) is 0 Å². The van der Waals surface area contributed by atoms with Crippen molar-refractivity contribution in [3.63, 3.8) is 0 Å². The van der Waals surface area contributed by atoms with E-state index in [0.717, 1.165) is 12.0 Å². The average Bonchev–Trinajstić information content (AvgIpc) is 2.80. The topological polar surface area (TPSA) is 34.1 Å². The van der Waals surface area contributed by atoms with Gasteiger partial charge in [-0.15, -0.1) is 0 Å². The molecule has 0 saturated heterocycles. The van der Waals surface area contributed by atoms with Crippen molar-refractivity contribution in [3.05, 3.63) is 29.8 Å². The predicted octanol–water partition coefficient (Wildman–Crippen LogP) is 3.35. The molecular weight excluding hydrogens is 232 g/mol. The lowest BCUT2D eigenvalue weighted by Gasteiger charge is -2.09. The Hall–Kier alpha value is -0.830. The molecule has 94 valence electrons. The maximum Gasteiger partial charge on any atom is 0.178 e. The van der Waals surface area contributed by atoms with E-state index in [1.807, 2.05) is 19.1 Å². The lowest BCUT2D eigenvalue weighted by molar-refractivity contribution is 0.521. The first-order valence-corrected chi connectivity index (χ1v) is 8.02. The Morgan fingerprint density at radius 3 is 2.29 bits per heavy atom. The molecule has 1 fully saturated rings. The first kappa shape index (κ1) is 12.6. The van der Waals surface area contributed by atoms with Crippen LogP contribution in [0.25, 0.3) is 0 Å². The van der Waals surface area contributed by atoms with Gasteiger partial charge in [0, 0.05) is 0 Å². The van der Waals surface area contributed by atoms with Gasteiger partial charge in [0.1, 0.15) is 0 Å². The Labute approximate surface area is 104 Å². The van der Waals surface area contributed by atoms with Gasteiger partial charge < -0.3 is 0 Å². The first-order chi connectivity index (χ1) is 8.08. The molecule has 0 N–H and O–H groups in total. The van der Waals surface area contributed by atoms with E-state index >= 15 is 0 Å². The minimum absolute atomic E-state index is 0.306. The van der Waals surface area contributed by atoms with Gasteiger partial charge in [-0.05, 0) is 31.4 Å². The Kier molecular flexibility index (Phi) is 3.87. The standard InChI is InChI=1S/C14H20O2S/c1-12-6-8-14(9-7-12)17(15,16)11-10-13-4-2-3-5-13/h6-9,13H,2-5,10-11H2,1H3. The lowest BCUT2D eigenvalue weighted by Crippen LogP contribution is -2.10. The lowest BCUT2D eigenvalue weighted by atomic mass is 10.1. The van der Waals surface area contributed by atoms with Gasteiger partial charge in [0.25, 0.3) is 0 Å². The van der Waals surface area contributed by atoms with Crippen LogP contribution in [0.4, 0.5) is 0 Å². The largest absolute Gasteiger partial charge is 0.224 e. The van der Waals surface area contributed by atoms with E-state index in [-0.39, 0.29) is 0 Å². The number of hydrogen-bond donors (Lipinski definition) is 0. The van der Waals surface area contributed by atoms with Gasteiger partial charge >= 0.3 is 0 Å². The van der Waals surface area contributed by atoms with Crippen LogP contribution in [0.2, 0.25) is 0 Å². The molecule has 0 radical (unpaired) electrons. The number of aryl methyl sites for hydroxylation is 1. The molecule has 0 amide bonds. The molecule has 0 spiro atoms. The van der Waals surface area contributed by atoms with E-state index in [1.54, 1.807) is 12.1 Å². The van der Waals surface area contributed by atoms with Crippen LogP contribution in [-0.4, -0.2) is 14.2 Å². The van der Waals surface area contributed by atoms with Gasteiger partial charge in [-0.25, -0.2) is 8.42 Å². The van der Waals surface area contributed by atoms with Crippen molar-refractivity contribution < 1.29 is 8.42 Å². The van der Waals surface area contributed by atoms with Crippen molar-refractivity contribution in [3.8, 4) is 0 Å². The third-order valence-electron chi connectivity index (χ3n) is 3.65. The molecule has 2 nitrogen and oxygen atoms in total. The number of hydrogen-bond acceptors (Lipinski definition) is 2. The highest BCUT2D eigenvalue weighted by Crippen LogP contribution is 2.28. The molecular formula is C14H20O2S. The minimum atomic E-state index is -3.06. The highest BCUT2D eigenvalue weighted by Gasteiger charge is 2.20. The van der Waals surface area contributed by atoms with E-state index in [1.165, 1.54) is 25.7 Å². The van der Waals surface area contributed by atoms with E-state index in [2.05, 4.69) is 0 Å². The summed E-state index contributed by atoms with van der Waals surface area (Å²) < 4.78 is 24.2. The van der Waals surface area contributed by atoms with Crippen molar-refractivity contribution in [2.24, 2.45) is 5.92 Å². The summed E-state index contributed by atoms with van der Waals surface area (Å²) in [6, 6.07) is 7.17. The summed E-state index contributed by atoms with van der Waals surface area (Å²) in [5.74, 6) is 0.941. The predicted molar refractivity (Wildman–Crippen MR) is 69.8 cm³/mol. The summed E-state index contributed by atoms with van der Waals surface area (Å²) in [7, 11) is -3.06. The molecule has 0 heterocycles. The molecule has 1 aromatic rings. The third kappa shape index (κ3) is 3.32. The molecule has 1 saturated carbocycles. The zero-order chi connectivity index (χ0) is 12.3. The van der Waals surface area contributed by atoms with E-state index in [4.69, 9.17) is 0 Å². The van der Waals surface area contributed by atoms with Crippen molar-refractivity contribution in [2.45, 2.75) is 43.9 Å². The monoisotopic (exact) mass is 252 g/mol. The average molecular weight is 252 g/mol. The normalized spacial score (nSPS) is 17.5.